The van der Waals surface area contributed by atoms with E-state index in [1.54, 1.807) is 19.1 Å². The number of benzene rings is 2. The SMILES string of the molecule is CCn1c(-c2nc3cc(C(=O)N4CCCC(NC(=O)O)C4)ccc3n2C)cc2ccc(OC)c(OC)c21. The quantitative estimate of drug-likeness (QED) is 0.408. The fraction of sp³-hybridized carbons (Fsp3) is 0.370. The molecule has 1 unspecified atom stereocenters. The number of ether oxygens (including phenoxy) is 2. The van der Waals surface area contributed by atoms with Gasteiger partial charge in [0.2, 0.25) is 0 Å². The van der Waals surface area contributed by atoms with Crippen LogP contribution in [0.5, 0.6) is 11.5 Å². The lowest BCUT2D eigenvalue weighted by atomic mass is 10.0. The molecule has 1 aliphatic rings. The highest BCUT2D eigenvalue weighted by atomic mass is 16.5. The molecule has 1 saturated heterocycles. The van der Waals surface area contributed by atoms with Crippen molar-refractivity contribution in [2.45, 2.75) is 32.4 Å². The van der Waals surface area contributed by atoms with Crippen LogP contribution in [0.3, 0.4) is 0 Å². The van der Waals surface area contributed by atoms with Crippen molar-refractivity contribution in [2.75, 3.05) is 27.3 Å². The molecular weight excluding hydrogens is 474 g/mol. The molecule has 0 radical (unpaired) electrons. The van der Waals surface area contributed by atoms with Crippen LogP contribution in [0, 0.1) is 0 Å². The molecule has 194 valence electrons. The van der Waals surface area contributed by atoms with E-state index in [0.29, 0.717) is 36.7 Å². The Bertz CT molecular complexity index is 1500. The fourth-order valence-electron chi connectivity index (χ4n) is 5.38. The standard InChI is InChI=1S/C27H31N5O5/c1-5-32-21(14-16-9-11-22(36-3)24(37-4)23(16)32)25-29-19-13-17(8-10-20(19)30(25)2)26(33)31-12-6-7-18(15-31)28-27(34)35/h8-11,13-14,18,28H,5-7,12,15H2,1-4H3,(H,34,35). The molecule has 1 aliphatic heterocycles. The molecule has 3 heterocycles. The van der Waals surface area contributed by atoms with Gasteiger partial charge in [-0.15, -0.1) is 0 Å². The summed E-state index contributed by atoms with van der Waals surface area (Å²) < 4.78 is 15.4. The van der Waals surface area contributed by atoms with E-state index in [-0.39, 0.29) is 11.9 Å². The molecule has 10 heteroatoms. The monoisotopic (exact) mass is 505 g/mol. The Hall–Kier alpha value is -4.21. The Morgan fingerprint density at radius 1 is 1.16 bits per heavy atom. The lowest BCUT2D eigenvalue weighted by molar-refractivity contribution is 0.0692. The Kier molecular flexibility index (Phi) is 6.41. The van der Waals surface area contributed by atoms with E-state index >= 15 is 0 Å². The highest BCUT2D eigenvalue weighted by molar-refractivity contribution is 5.98. The molecule has 0 aliphatic carbocycles. The molecule has 1 fully saturated rings. The summed E-state index contributed by atoms with van der Waals surface area (Å²) in [5.41, 5.74) is 4.05. The van der Waals surface area contributed by atoms with Gasteiger partial charge in [0.05, 0.1) is 36.5 Å². The van der Waals surface area contributed by atoms with Crippen LogP contribution in [-0.2, 0) is 13.6 Å². The molecule has 0 saturated carbocycles. The van der Waals surface area contributed by atoms with E-state index in [4.69, 9.17) is 19.6 Å². The van der Waals surface area contributed by atoms with E-state index in [0.717, 1.165) is 46.3 Å². The van der Waals surface area contributed by atoms with Crippen LogP contribution in [0.25, 0.3) is 33.5 Å². The maximum atomic E-state index is 13.3. The number of fused-ring (bicyclic) bond motifs is 2. The number of carbonyl (C=O) groups excluding carboxylic acids is 1. The second kappa shape index (κ2) is 9.68. The van der Waals surface area contributed by atoms with Crippen LogP contribution in [0.15, 0.2) is 36.4 Å². The number of amides is 2. The zero-order valence-electron chi connectivity index (χ0n) is 21.4. The van der Waals surface area contributed by atoms with Crippen molar-refractivity contribution >= 4 is 33.9 Å². The molecule has 4 aromatic rings. The number of likely N-dealkylation sites (tertiary alicyclic amines) is 1. The van der Waals surface area contributed by atoms with Crippen molar-refractivity contribution in [3.05, 3.63) is 42.0 Å². The van der Waals surface area contributed by atoms with E-state index in [1.165, 1.54) is 0 Å². The summed E-state index contributed by atoms with van der Waals surface area (Å²) in [4.78, 5) is 31.0. The maximum absolute atomic E-state index is 13.3. The third-order valence-corrected chi connectivity index (χ3v) is 7.11. The summed E-state index contributed by atoms with van der Waals surface area (Å²) in [5, 5.41) is 12.6. The molecule has 1 atom stereocenters. The number of carboxylic acid groups (broad SMARTS) is 1. The summed E-state index contributed by atoms with van der Waals surface area (Å²) >= 11 is 0. The Morgan fingerprint density at radius 3 is 2.68 bits per heavy atom. The van der Waals surface area contributed by atoms with E-state index in [9.17, 15) is 9.59 Å². The molecule has 0 spiro atoms. The highest BCUT2D eigenvalue weighted by Gasteiger charge is 2.26. The molecule has 2 aromatic heterocycles. The van der Waals surface area contributed by atoms with Crippen molar-refractivity contribution < 1.29 is 24.2 Å². The first-order chi connectivity index (χ1) is 17.9. The lowest BCUT2D eigenvalue weighted by Crippen LogP contribution is -2.49. The number of nitrogens with one attached hydrogen (secondary N) is 1. The fourth-order valence-corrected chi connectivity index (χ4v) is 5.38. The number of nitrogens with zero attached hydrogens (tertiary/aromatic N) is 4. The Balaban J connectivity index is 1.53. The van der Waals surface area contributed by atoms with Gasteiger partial charge in [0.15, 0.2) is 17.3 Å². The third kappa shape index (κ3) is 4.22. The zero-order valence-corrected chi connectivity index (χ0v) is 21.4. The van der Waals surface area contributed by atoms with Crippen LogP contribution >= 0.6 is 0 Å². The van der Waals surface area contributed by atoms with Crippen LogP contribution in [0.4, 0.5) is 4.79 Å². The topological polar surface area (TPSA) is 111 Å². The first kappa shape index (κ1) is 24.5. The van der Waals surface area contributed by atoms with Gasteiger partial charge in [0, 0.05) is 43.7 Å². The first-order valence-electron chi connectivity index (χ1n) is 12.4. The molecule has 2 amide bonds. The van der Waals surface area contributed by atoms with Gasteiger partial charge < -0.3 is 33.9 Å². The Morgan fingerprint density at radius 2 is 1.97 bits per heavy atom. The molecule has 37 heavy (non-hydrogen) atoms. The summed E-state index contributed by atoms with van der Waals surface area (Å²) in [5.74, 6) is 2.01. The van der Waals surface area contributed by atoms with Gasteiger partial charge in [-0.3, -0.25) is 4.79 Å². The van der Waals surface area contributed by atoms with Crippen LogP contribution in [-0.4, -0.2) is 69.5 Å². The first-order valence-corrected chi connectivity index (χ1v) is 12.4. The van der Waals surface area contributed by atoms with Gasteiger partial charge in [0.1, 0.15) is 0 Å². The second-order valence-electron chi connectivity index (χ2n) is 9.25. The predicted octanol–water partition coefficient (Wildman–Crippen LogP) is 4.10. The maximum Gasteiger partial charge on any atom is 0.404 e. The van der Waals surface area contributed by atoms with E-state index in [2.05, 4.69) is 22.9 Å². The van der Waals surface area contributed by atoms with Crippen molar-refractivity contribution in [1.29, 1.82) is 0 Å². The van der Waals surface area contributed by atoms with Crippen LogP contribution < -0.4 is 14.8 Å². The minimum atomic E-state index is -1.07. The van der Waals surface area contributed by atoms with Gasteiger partial charge >= 0.3 is 6.09 Å². The van der Waals surface area contributed by atoms with E-state index < -0.39 is 6.09 Å². The van der Waals surface area contributed by atoms with Crippen molar-refractivity contribution in [3.8, 4) is 23.0 Å². The van der Waals surface area contributed by atoms with E-state index in [1.807, 2.05) is 41.9 Å². The van der Waals surface area contributed by atoms with Gasteiger partial charge in [-0.2, -0.15) is 0 Å². The minimum absolute atomic E-state index is 0.120. The largest absolute Gasteiger partial charge is 0.493 e. The van der Waals surface area contributed by atoms with Gasteiger partial charge in [-0.25, -0.2) is 9.78 Å². The molecule has 2 N–H and O–H groups in total. The molecule has 0 bridgehead atoms. The summed E-state index contributed by atoms with van der Waals surface area (Å²) in [6.45, 7) is 3.74. The summed E-state index contributed by atoms with van der Waals surface area (Å²) in [6, 6.07) is 11.3. The number of imidazole rings is 1. The minimum Gasteiger partial charge on any atom is -0.493 e. The number of piperidine rings is 1. The number of aromatic nitrogens is 3. The molecule has 10 nitrogen and oxygen atoms in total. The average molecular weight is 506 g/mol. The predicted molar refractivity (Wildman–Crippen MR) is 141 cm³/mol. The van der Waals surface area contributed by atoms with Gasteiger partial charge in [-0.05, 0) is 56.2 Å². The smallest absolute Gasteiger partial charge is 0.404 e. The highest BCUT2D eigenvalue weighted by Crippen LogP contribution is 2.40. The summed E-state index contributed by atoms with van der Waals surface area (Å²) in [6.07, 6.45) is 0.408. The van der Waals surface area contributed by atoms with Crippen molar-refractivity contribution in [3.63, 3.8) is 0 Å². The normalized spacial score (nSPS) is 15.8. The number of carbonyl (C=O) groups is 2. The van der Waals surface area contributed by atoms with Crippen LogP contribution in [0.2, 0.25) is 0 Å². The van der Waals surface area contributed by atoms with Crippen molar-refractivity contribution in [2.24, 2.45) is 7.05 Å². The molecule has 5 rings (SSSR count). The third-order valence-electron chi connectivity index (χ3n) is 7.11. The number of methoxy groups -OCH3 is 2. The summed E-state index contributed by atoms with van der Waals surface area (Å²) in [7, 11) is 5.23. The number of rotatable bonds is 6. The van der Waals surface area contributed by atoms with Gasteiger partial charge in [0.25, 0.3) is 5.91 Å². The lowest BCUT2D eigenvalue weighted by Gasteiger charge is -2.32. The number of hydrogen-bond donors (Lipinski definition) is 2. The molecule has 2 aromatic carbocycles. The second-order valence-corrected chi connectivity index (χ2v) is 9.25. The van der Waals surface area contributed by atoms with Crippen molar-refractivity contribution in [1.82, 2.24) is 24.3 Å². The number of hydrogen-bond acceptors (Lipinski definition) is 5. The average Bonchev–Trinajstić information content (AvgIpc) is 3.44. The number of aryl methyl sites for hydroxylation is 2. The Labute approximate surface area is 214 Å². The zero-order chi connectivity index (χ0) is 26.3. The molecular formula is C27H31N5O5. The van der Waals surface area contributed by atoms with Crippen LogP contribution in [0.1, 0.15) is 30.1 Å². The van der Waals surface area contributed by atoms with Gasteiger partial charge in [-0.1, -0.05) is 0 Å².